The van der Waals surface area contributed by atoms with E-state index in [0.717, 1.165) is 17.0 Å². The molecule has 0 aliphatic carbocycles. The van der Waals surface area contributed by atoms with E-state index in [1.165, 1.54) is 16.3 Å². The number of benzene rings is 2. The lowest BCUT2D eigenvalue weighted by molar-refractivity contribution is 0.181. The number of aryl methyl sites for hydroxylation is 1. The van der Waals surface area contributed by atoms with E-state index in [2.05, 4.69) is 47.2 Å². The van der Waals surface area contributed by atoms with Gasteiger partial charge < -0.3 is 4.74 Å². The fourth-order valence-corrected chi connectivity index (χ4v) is 2.44. The van der Waals surface area contributed by atoms with Gasteiger partial charge in [0, 0.05) is 25.1 Å². The molecule has 1 heterocycles. The summed E-state index contributed by atoms with van der Waals surface area (Å²) in [6.07, 6.45) is 3.43. The first-order chi connectivity index (χ1) is 9.79. The first-order valence-corrected chi connectivity index (χ1v) is 6.58. The highest BCUT2D eigenvalue weighted by atomic mass is 16.5. The Balaban J connectivity index is 2.21. The van der Waals surface area contributed by atoms with Gasteiger partial charge >= 0.3 is 0 Å². The van der Waals surface area contributed by atoms with Gasteiger partial charge in [0.25, 0.3) is 0 Å². The van der Waals surface area contributed by atoms with Gasteiger partial charge in [-0.2, -0.15) is 0 Å². The SMILES string of the molecule is COCc1nccnc1-c1cc2ccccc2cc1C. The zero-order valence-corrected chi connectivity index (χ0v) is 11.6. The second-order valence-corrected chi connectivity index (χ2v) is 4.80. The number of rotatable bonds is 3. The summed E-state index contributed by atoms with van der Waals surface area (Å²) in [5.74, 6) is 0. The summed E-state index contributed by atoms with van der Waals surface area (Å²) in [7, 11) is 1.67. The highest BCUT2D eigenvalue weighted by Crippen LogP contribution is 2.28. The summed E-state index contributed by atoms with van der Waals surface area (Å²) in [6, 6.07) is 12.7. The Bertz CT molecular complexity index is 753. The van der Waals surface area contributed by atoms with Crippen LogP contribution >= 0.6 is 0 Å². The Hall–Kier alpha value is -2.26. The Morgan fingerprint density at radius 2 is 1.70 bits per heavy atom. The number of hydrogen-bond acceptors (Lipinski definition) is 3. The van der Waals surface area contributed by atoms with Gasteiger partial charge in [-0.05, 0) is 29.3 Å². The molecular formula is C17H16N2O. The molecule has 0 atom stereocenters. The Labute approximate surface area is 118 Å². The first kappa shape index (κ1) is 12.8. The van der Waals surface area contributed by atoms with Gasteiger partial charge in [0.1, 0.15) is 0 Å². The van der Waals surface area contributed by atoms with E-state index in [0.29, 0.717) is 6.61 Å². The Morgan fingerprint density at radius 1 is 1.00 bits per heavy atom. The normalized spacial score (nSPS) is 10.9. The Morgan fingerprint density at radius 3 is 2.45 bits per heavy atom. The van der Waals surface area contributed by atoms with Gasteiger partial charge in [-0.15, -0.1) is 0 Å². The van der Waals surface area contributed by atoms with Crippen molar-refractivity contribution in [3.63, 3.8) is 0 Å². The monoisotopic (exact) mass is 264 g/mol. The molecule has 0 saturated heterocycles. The minimum atomic E-state index is 0.468. The minimum absolute atomic E-state index is 0.468. The second-order valence-electron chi connectivity index (χ2n) is 4.80. The van der Waals surface area contributed by atoms with Gasteiger partial charge in [-0.25, -0.2) is 0 Å². The van der Waals surface area contributed by atoms with Crippen LogP contribution in [0.1, 0.15) is 11.3 Å². The average molecular weight is 264 g/mol. The first-order valence-electron chi connectivity index (χ1n) is 6.58. The lowest BCUT2D eigenvalue weighted by atomic mass is 9.98. The number of hydrogen-bond donors (Lipinski definition) is 0. The topological polar surface area (TPSA) is 35.0 Å². The molecule has 0 fully saturated rings. The van der Waals surface area contributed by atoms with Gasteiger partial charge in [0.05, 0.1) is 18.0 Å². The molecule has 0 aliphatic heterocycles. The second kappa shape index (κ2) is 5.39. The lowest BCUT2D eigenvalue weighted by Gasteiger charge is -2.11. The van der Waals surface area contributed by atoms with Crippen LogP contribution < -0.4 is 0 Å². The smallest absolute Gasteiger partial charge is 0.0944 e. The third kappa shape index (κ3) is 2.28. The molecular weight excluding hydrogens is 248 g/mol. The quantitative estimate of drug-likeness (QED) is 0.722. The summed E-state index contributed by atoms with van der Waals surface area (Å²) in [5, 5.41) is 2.45. The fraction of sp³-hybridized carbons (Fsp3) is 0.176. The van der Waals surface area contributed by atoms with E-state index in [1.807, 2.05) is 6.07 Å². The number of methoxy groups -OCH3 is 1. The minimum Gasteiger partial charge on any atom is -0.378 e. The number of nitrogens with zero attached hydrogens (tertiary/aromatic N) is 2. The van der Waals surface area contributed by atoms with Gasteiger partial charge in [-0.1, -0.05) is 30.3 Å². The van der Waals surface area contributed by atoms with Crippen LogP contribution in [0.2, 0.25) is 0 Å². The summed E-state index contributed by atoms with van der Waals surface area (Å²) in [4.78, 5) is 8.87. The molecule has 0 radical (unpaired) electrons. The molecule has 20 heavy (non-hydrogen) atoms. The van der Waals surface area contributed by atoms with Crippen molar-refractivity contribution in [3.8, 4) is 11.3 Å². The summed E-state index contributed by atoms with van der Waals surface area (Å²) >= 11 is 0. The molecule has 2 aromatic carbocycles. The molecule has 0 bridgehead atoms. The summed E-state index contributed by atoms with van der Waals surface area (Å²) in [5.41, 5.74) is 4.08. The predicted molar refractivity (Wildman–Crippen MR) is 80.4 cm³/mol. The number of ether oxygens (including phenoxy) is 1. The van der Waals surface area contributed by atoms with Crippen LogP contribution in [0.25, 0.3) is 22.0 Å². The maximum atomic E-state index is 5.21. The molecule has 0 aliphatic rings. The molecule has 100 valence electrons. The molecule has 0 spiro atoms. The third-order valence-electron chi connectivity index (χ3n) is 3.40. The molecule has 0 amide bonds. The summed E-state index contributed by atoms with van der Waals surface area (Å²) in [6.45, 7) is 2.57. The molecule has 0 saturated carbocycles. The highest BCUT2D eigenvalue weighted by Gasteiger charge is 2.11. The molecule has 3 heteroatoms. The van der Waals surface area contributed by atoms with Crippen molar-refractivity contribution in [2.24, 2.45) is 0 Å². The Kier molecular flexibility index (Phi) is 3.44. The van der Waals surface area contributed by atoms with E-state index in [-0.39, 0.29) is 0 Å². The lowest BCUT2D eigenvalue weighted by Crippen LogP contribution is -1.99. The average Bonchev–Trinajstić information content (AvgIpc) is 2.48. The van der Waals surface area contributed by atoms with Crippen molar-refractivity contribution in [2.75, 3.05) is 7.11 Å². The van der Waals surface area contributed by atoms with Crippen molar-refractivity contribution in [3.05, 3.63) is 60.0 Å². The molecule has 0 unspecified atom stereocenters. The van der Waals surface area contributed by atoms with Gasteiger partial charge in [-0.3, -0.25) is 9.97 Å². The van der Waals surface area contributed by atoms with Crippen LogP contribution in [0, 0.1) is 6.92 Å². The fourth-order valence-electron chi connectivity index (χ4n) is 2.44. The predicted octanol–water partition coefficient (Wildman–Crippen LogP) is 3.75. The summed E-state index contributed by atoms with van der Waals surface area (Å²) < 4.78 is 5.21. The van der Waals surface area contributed by atoms with Crippen LogP contribution in [0.5, 0.6) is 0 Å². The van der Waals surface area contributed by atoms with Crippen molar-refractivity contribution >= 4 is 10.8 Å². The number of aromatic nitrogens is 2. The van der Waals surface area contributed by atoms with Crippen LogP contribution in [0.15, 0.2) is 48.8 Å². The highest BCUT2D eigenvalue weighted by molar-refractivity contribution is 5.88. The van der Waals surface area contributed by atoms with E-state index in [9.17, 15) is 0 Å². The number of fused-ring (bicyclic) bond motifs is 1. The van der Waals surface area contributed by atoms with E-state index in [1.54, 1.807) is 19.5 Å². The van der Waals surface area contributed by atoms with Crippen molar-refractivity contribution in [1.82, 2.24) is 9.97 Å². The van der Waals surface area contributed by atoms with E-state index in [4.69, 9.17) is 4.74 Å². The third-order valence-corrected chi connectivity index (χ3v) is 3.40. The van der Waals surface area contributed by atoms with Crippen molar-refractivity contribution < 1.29 is 4.74 Å². The zero-order chi connectivity index (χ0) is 13.9. The van der Waals surface area contributed by atoms with Crippen LogP contribution in [0.3, 0.4) is 0 Å². The molecule has 3 rings (SSSR count). The van der Waals surface area contributed by atoms with E-state index < -0.39 is 0 Å². The van der Waals surface area contributed by atoms with Crippen molar-refractivity contribution in [1.29, 1.82) is 0 Å². The molecule has 1 aromatic heterocycles. The molecule has 0 N–H and O–H groups in total. The van der Waals surface area contributed by atoms with Gasteiger partial charge in [0.2, 0.25) is 0 Å². The maximum Gasteiger partial charge on any atom is 0.0944 e. The van der Waals surface area contributed by atoms with Gasteiger partial charge in [0.15, 0.2) is 0 Å². The van der Waals surface area contributed by atoms with E-state index >= 15 is 0 Å². The molecule has 3 aromatic rings. The van der Waals surface area contributed by atoms with Crippen LogP contribution in [0.4, 0.5) is 0 Å². The van der Waals surface area contributed by atoms with Crippen molar-refractivity contribution in [2.45, 2.75) is 13.5 Å². The largest absolute Gasteiger partial charge is 0.378 e. The standard InChI is InChI=1S/C17H16N2O/c1-12-9-13-5-3-4-6-14(13)10-15(12)17-16(11-20-2)18-7-8-19-17/h3-10H,11H2,1-2H3. The zero-order valence-electron chi connectivity index (χ0n) is 11.6. The molecule has 3 nitrogen and oxygen atoms in total. The van der Waals surface area contributed by atoms with Crippen LogP contribution in [-0.4, -0.2) is 17.1 Å². The maximum absolute atomic E-state index is 5.21. The van der Waals surface area contributed by atoms with Crippen LogP contribution in [-0.2, 0) is 11.3 Å².